The molecule has 0 aliphatic rings. The van der Waals surface area contributed by atoms with Crippen LogP contribution in [0.3, 0.4) is 0 Å². The molecule has 0 aliphatic carbocycles. The second kappa shape index (κ2) is 6.66. The Labute approximate surface area is 129 Å². The quantitative estimate of drug-likeness (QED) is 0.606. The number of esters is 2. The number of carbonyl (C=O) groups excluding carboxylic acids is 2. The highest BCUT2D eigenvalue weighted by Gasteiger charge is 2.28. The minimum atomic E-state index is -0.811. The van der Waals surface area contributed by atoms with E-state index in [4.69, 9.17) is 51.1 Å². The predicted octanol–water partition coefficient (Wildman–Crippen LogP) is 4.26. The van der Waals surface area contributed by atoms with Gasteiger partial charge < -0.3 is 9.47 Å². The van der Waals surface area contributed by atoms with Gasteiger partial charge in [-0.2, -0.15) is 0 Å². The Morgan fingerprint density at radius 2 is 1.26 bits per heavy atom. The number of benzene rings is 1. The average Bonchev–Trinajstić information content (AvgIpc) is 2.37. The molecule has 0 heterocycles. The molecule has 1 aromatic rings. The van der Waals surface area contributed by atoms with E-state index in [0.29, 0.717) is 0 Å². The molecule has 8 heteroatoms. The number of rotatable bonds is 3. The Kier molecular flexibility index (Phi) is 5.74. The number of ether oxygens (including phenoxy) is 2. The van der Waals surface area contributed by atoms with Gasteiger partial charge in [-0.3, -0.25) is 0 Å². The molecule has 0 aromatic heterocycles. The molecule has 19 heavy (non-hydrogen) atoms. The summed E-state index contributed by atoms with van der Waals surface area (Å²) >= 11 is 23.7. The summed E-state index contributed by atoms with van der Waals surface area (Å²) in [6.07, 6.45) is 0. The van der Waals surface area contributed by atoms with E-state index in [0.717, 1.165) is 7.11 Å². The van der Waals surface area contributed by atoms with Crippen LogP contribution in [-0.2, 0) is 9.47 Å². The van der Waals surface area contributed by atoms with E-state index in [2.05, 4.69) is 4.74 Å². The maximum Gasteiger partial charge on any atom is 0.341 e. The lowest BCUT2D eigenvalue weighted by Gasteiger charge is -2.13. The van der Waals surface area contributed by atoms with Gasteiger partial charge in [0.25, 0.3) is 0 Å². The Hall–Kier alpha value is -0.680. The minimum absolute atomic E-state index is 0.124. The molecular weight excluding hydrogens is 338 g/mol. The van der Waals surface area contributed by atoms with Gasteiger partial charge >= 0.3 is 11.9 Å². The van der Waals surface area contributed by atoms with Crippen LogP contribution in [0, 0.1) is 0 Å². The smallest absolute Gasteiger partial charge is 0.341 e. The van der Waals surface area contributed by atoms with Crippen LogP contribution in [0.2, 0.25) is 20.1 Å². The van der Waals surface area contributed by atoms with Crippen LogP contribution in [0.4, 0.5) is 0 Å². The highest BCUT2D eigenvalue weighted by atomic mass is 35.5. The summed E-state index contributed by atoms with van der Waals surface area (Å²) in [4.78, 5) is 23.3. The van der Waals surface area contributed by atoms with Crippen molar-refractivity contribution in [3.8, 4) is 0 Å². The van der Waals surface area contributed by atoms with E-state index in [1.807, 2.05) is 0 Å². The summed E-state index contributed by atoms with van der Waals surface area (Å²) in [6.45, 7) is 1.74. The lowest BCUT2D eigenvalue weighted by atomic mass is 10.1. The molecule has 0 amide bonds. The van der Waals surface area contributed by atoms with Crippen molar-refractivity contribution in [3.63, 3.8) is 0 Å². The summed E-state index contributed by atoms with van der Waals surface area (Å²) in [5.41, 5.74) is -0.387. The number of carbonyl (C=O) groups is 2. The molecule has 0 aliphatic heterocycles. The van der Waals surface area contributed by atoms with Crippen LogP contribution in [0.15, 0.2) is 0 Å². The average molecular weight is 346 g/mol. The highest BCUT2D eigenvalue weighted by molar-refractivity contribution is 6.52. The van der Waals surface area contributed by atoms with Crippen molar-refractivity contribution >= 4 is 58.3 Å². The summed E-state index contributed by atoms with van der Waals surface area (Å²) < 4.78 is 9.30. The molecule has 1 aromatic carbocycles. The topological polar surface area (TPSA) is 52.6 Å². The van der Waals surface area contributed by atoms with Gasteiger partial charge in [0.1, 0.15) is 0 Å². The Morgan fingerprint density at radius 1 is 0.895 bits per heavy atom. The molecule has 0 saturated carbocycles. The van der Waals surface area contributed by atoms with Gasteiger partial charge in [-0.25, -0.2) is 9.59 Å². The van der Waals surface area contributed by atoms with E-state index in [1.165, 1.54) is 0 Å². The molecule has 0 fully saturated rings. The maximum absolute atomic E-state index is 11.7. The molecule has 0 radical (unpaired) electrons. The van der Waals surface area contributed by atoms with Gasteiger partial charge in [-0.15, -0.1) is 0 Å². The number of hydrogen-bond donors (Lipinski definition) is 0. The summed E-state index contributed by atoms with van der Waals surface area (Å²) in [5, 5.41) is -0.859. The number of halogens is 4. The summed E-state index contributed by atoms with van der Waals surface area (Å²) in [7, 11) is 1.15. The van der Waals surface area contributed by atoms with Crippen LogP contribution < -0.4 is 0 Å². The van der Waals surface area contributed by atoms with E-state index >= 15 is 0 Å². The second-order valence-electron chi connectivity index (χ2n) is 3.22. The number of methoxy groups -OCH3 is 1. The Bertz CT molecular complexity index is 513. The zero-order valence-electron chi connectivity index (χ0n) is 9.85. The van der Waals surface area contributed by atoms with Crippen LogP contribution in [-0.4, -0.2) is 25.7 Å². The minimum Gasteiger partial charge on any atom is -0.465 e. The highest BCUT2D eigenvalue weighted by Crippen LogP contribution is 2.41. The molecule has 4 nitrogen and oxygen atoms in total. The molecule has 1 rings (SSSR count). The zero-order valence-corrected chi connectivity index (χ0v) is 12.9. The van der Waals surface area contributed by atoms with Crippen LogP contribution in [0.1, 0.15) is 27.6 Å². The van der Waals surface area contributed by atoms with Crippen LogP contribution >= 0.6 is 46.4 Å². The lowest BCUT2D eigenvalue weighted by Crippen LogP contribution is -2.11. The van der Waals surface area contributed by atoms with Crippen LogP contribution in [0.5, 0.6) is 0 Å². The van der Waals surface area contributed by atoms with Gasteiger partial charge in [0.2, 0.25) is 0 Å². The Balaban J connectivity index is 3.56. The Morgan fingerprint density at radius 3 is 1.58 bits per heavy atom. The summed E-state index contributed by atoms with van der Waals surface area (Å²) in [6, 6.07) is 0. The first-order chi connectivity index (χ1) is 8.86. The van der Waals surface area contributed by atoms with Crippen molar-refractivity contribution in [3.05, 3.63) is 31.2 Å². The third-order valence-corrected chi connectivity index (χ3v) is 3.84. The molecule has 0 bridgehead atoms. The van der Waals surface area contributed by atoms with Crippen LogP contribution in [0.25, 0.3) is 0 Å². The predicted molar refractivity (Wildman–Crippen MR) is 73.8 cm³/mol. The second-order valence-corrected chi connectivity index (χ2v) is 4.73. The van der Waals surface area contributed by atoms with E-state index in [9.17, 15) is 9.59 Å². The third-order valence-electron chi connectivity index (χ3n) is 2.13. The number of hydrogen-bond acceptors (Lipinski definition) is 4. The molecule has 0 N–H and O–H groups in total. The van der Waals surface area contributed by atoms with E-state index < -0.39 is 11.9 Å². The lowest BCUT2D eigenvalue weighted by molar-refractivity contribution is 0.0524. The first-order valence-corrected chi connectivity index (χ1v) is 6.49. The fraction of sp³-hybridized carbons (Fsp3) is 0.273. The molecular formula is C11H8Cl4O4. The van der Waals surface area contributed by atoms with E-state index in [-0.39, 0.29) is 37.8 Å². The van der Waals surface area contributed by atoms with Gasteiger partial charge in [0, 0.05) is 0 Å². The normalized spacial score (nSPS) is 10.2. The molecule has 0 saturated heterocycles. The van der Waals surface area contributed by atoms with Gasteiger partial charge in [-0.1, -0.05) is 46.4 Å². The van der Waals surface area contributed by atoms with Crippen molar-refractivity contribution in [1.29, 1.82) is 0 Å². The monoisotopic (exact) mass is 344 g/mol. The maximum atomic E-state index is 11.7. The summed E-state index contributed by atoms with van der Waals surface area (Å²) in [5.74, 6) is -1.59. The van der Waals surface area contributed by atoms with E-state index in [1.54, 1.807) is 6.92 Å². The van der Waals surface area contributed by atoms with Crippen molar-refractivity contribution in [2.45, 2.75) is 6.92 Å². The zero-order chi connectivity index (χ0) is 14.7. The van der Waals surface area contributed by atoms with Crippen molar-refractivity contribution in [2.24, 2.45) is 0 Å². The van der Waals surface area contributed by atoms with Crippen molar-refractivity contribution in [2.75, 3.05) is 13.7 Å². The molecule has 0 unspecified atom stereocenters. The fourth-order valence-corrected chi connectivity index (χ4v) is 2.46. The van der Waals surface area contributed by atoms with Gasteiger partial charge in [-0.05, 0) is 6.92 Å². The first-order valence-electron chi connectivity index (χ1n) is 4.98. The fourth-order valence-electron chi connectivity index (χ4n) is 1.30. The molecule has 104 valence electrons. The molecule has 0 atom stereocenters. The first kappa shape index (κ1) is 16.4. The van der Waals surface area contributed by atoms with Gasteiger partial charge in [0.15, 0.2) is 0 Å². The standard InChI is InChI=1S/C11H8Cl4O4/c1-3-19-11(17)5-8(14)6(12)4(10(16)18-2)7(13)9(5)15/h3H2,1-2H3. The largest absolute Gasteiger partial charge is 0.465 e. The van der Waals surface area contributed by atoms with Crippen molar-refractivity contribution < 1.29 is 19.1 Å². The molecule has 0 spiro atoms. The van der Waals surface area contributed by atoms with Gasteiger partial charge in [0.05, 0.1) is 44.9 Å². The third kappa shape index (κ3) is 3.08. The SMILES string of the molecule is CCOC(=O)c1c(Cl)c(Cl)c(C(=O)OC)c(Cl)c1Cl. The van der Waals surface area contributed by atoms with Crippen molar-refractivity contribution in [1.82, 2.24) is 0 Å².